The smallest absolute Gasteiger partial charge is 0.243 e. The van der Waals surface area contributed by atoms with Crippen molar-refractivity contribution in [2.24, 2.45) is 11.8 Å². The van der Waals surface area contributed by atoms with Crippen molar-refractivity contribution in [3.8, 4) is 0 Å². The van der Waals surface area contributed by atoms with Crippen LogP contribution in [0, 0.1) is 5.92 Å². The lowest BCUT2D eigenvalue weighted by atomic mass is 9.79. The Labute approximate surface area is 126 Å². The molecule has 2 atom stereocenters. The highest BCUT2D eigenvalue weighted by Crippen LogP contribution is 2.38. The molecule has 6 heteroatoms. The highest BCUT2D eigenvalue weighted by molar-refractivity contribution is 7.89. The van der Waals surface area contributed by atoms with Crippen molar-refractivity contribution in [3.63, 3.8) is 0 Å². The first-order valence-corrected chi connectivity index (χ1v) is 9.15. The third-order valence-electron chi connectivity index (χ3n) is 4.82. The van der Waals surface area contributed by atoms with E-state index in [1.165, 1.54) is 19.3 Å². The summed E-state index contributed by atoms with van der Waals surface area (Å²) in [5.74, 6) is 5.88. The van der Waals surface area contributed by atoms with Crippen molar-refractivity contribution in [1.82, 2.24) is 4.31 Å². The molecule has 3 rings (SSSR count). The summed E-state index contributed by atoms with van der Waals surface area (Å²) < 4.78 is 27.6. The second kappa shape index (κ2) is 5.94. The van der Waals surface area contributed by atoms with Gasteiger partial charge in [-0.2, -0.15) is 4.31 Å². The van der Waals surface area contributed by atoms with E-state index in [2.05, 4.69) is 5.43 Å². The van der Waals surface area contributed by atoms with E-state index < -0.39 is 10.0 Å². The number of fused-ring (bicyclic) bond motifs is 1. The van der Waals surface area contributed by atoms with Crippen LogP contribution >= 0.6 is 0 Å². The Morgan fingerprint density at radius 2 is 1.71 bits per heavy atom. The molecule has 0 aromatic heterocycles. The maximum atomic E-state index is 12.9. The van der Waals surface area contributed by atoms with Crippen molar-refractivity contribution < 1.29 is 8.42 Å². The van der Waals surface area contributed by atoms with E-state index >= 15 is 0 Å². The SMILES string of the molecule is NNc1ccc(S(=O)(=O)N2CCC[C@H]3CCCC[C@H]32)cc1. The van der Waals surface area contributed by atoms with Gasteiger partial charge in [0.1, 0.15) is 0 Å². The molecule has 2 fully saturated rings. The Morgan fingerprint density at radius 1 is 1.05 bits per heavy atom. The molecular weight excluding hydrogens is 286 g/mol. The first-order chi connectivity index (χ1) is 10.1. The van der Waals surface area contributed by atoms with Crippen molar-refractivity contribution in [1.29, 1.82) is 0 Å². The fourth-order valence-electron chi connectivity index (χ4n) is 3.74. The van der Waals surface area contributed by atoms with Crippen LogP contribution in [0.2, 0.25) is 0 Å². The second-order valence-corrected chi connectivity index (χ2v) is 7.93. The molecular formula is C15H23N3O2S. The van der Waals surface area contributed by atoms with E-state index in [0.29, 0.717) is 23.0 Å². The zero-order valence-corrected chi connectivity index (χ0v) is 13.0. The van der Waals surface area contributed by atoms with Crippen LogP contribution in [0.15, 0.2) is 29.2 Å². The number of sulfonamides is 1. The quantitative estimate of drug-likeness (QED) is 0.663. The molecule has 2 aliphatic rings. The number of anilines is 1. The molecule has 0 amide bonds. The van der Waals surface area contributed by atoms with Crippen molar-refractivity contribution >= 4 is 15.7 Å². The Balaban J connectivity index is 1.88. The van der Waals surface area contributed by atoms with Gasteiger partial charge in [-0.15, -0.1) is 0 Å². The summed E-state index contributed by atoms with van der Waals surface area (Å²) in [7, 11) is -3.39. The summed E-state index contributed by atoms with van der Waals surface area (Å²) in [6.07, 6.45) is 6.71. The van der Waals surface area contributed by atoms with Gasteiger partial charge < -0.3 is 5.43 Å². The predicted molar refractivity (Wildman–Crippen MR) is 83.1 cm³/mol. The Hall–Kier alpha value is -1.11. The average molecular weight is 309 g/mol. The maximum Gasteiger partial charge on any atom is 0.243 e. The van der Waals surface area contributed by atoms with Gasteiger partial charge in [0.2, 0.25) is 10.0 Å². The van der Waals surface area contributed by atoms with Gasteiger partial charge in [-0.1, -0.05) is 12.8 Å². The number of hydrogen-bond acceptors (Lipinski definition) is 4. The predicted octanol–water partition coefficient (Wildman–Crippen LogP) is 2.32. The summed E-state index contributed by atoms with van der Waals surface area (Å²) in [6.45, 7) is 0.653. The van der Waals surface area contributed by atoms with Crippen LogP contribution in [0.3, 0.4) is 0 Å². The number of nitrogens with one attached hydrogen (secondary N) is 1. The third kappa shape index (κ3) is 2.80. The lowest BCUT2D eigenvalue weighted by molar-refractivity contribution is 0.129. The van der Waals surface area contributed by atoms with E-state index in [1.54, 1.807) is 28.6 Å². The number of hydrazine groups is 1. The van der Waals surface area contributed by atoms with E-state index in [-0.39, 0.29) is 6.04 Å². The van der Waals surface area contributed by atoms with Crippen LogP contribution in [0.1, 0.15) is 38.5 Å². The van der Waals surface area contributed by atoms with E-state index in [1.807, 2.05) is 0 Å². The highest BCUT2D eigenvalue weighted by atomic mass is 32.2. The van der Waals surface area contributed by atoms with Gasteiger partial charge >= 0.3 is 0 Å². The Morgan fingerprint density at radius 3 is 2.43 bits per heavy atom. The summed E-state index contributed by atoms with van der Waals surface area (Å²) in [5, 5.41) is 0. The van der Waals surface area contributed by atoms with Gasteiger partial charge in [0.05, 0.1) is 4.90 Å². The van der Waals surface area contributed by atoms with E-state index in [0.717, 1.165) is 19.3 Å². The summed E-state index contributed by atoms with van der Waals surface area (Å²) >= 11 is 0. The molecule has 3 N–H and O–H groups in total. The molecule has 1 heterocycles. The van der Waals surface area contributed by atoms with Gasteiger partial charge in [-0.25, -0.2) is 8.42 Å². The molecule has 1 aliphatic carbocycles. The molecule has 0 spiro atoms. The van der Waals surface area contributed by atoms with Gasteiger partial charge in [0.25, 0.3) is 0 Å². The molecule has 116 valence electrons. The maximum absolute atomic E-state index is 12.9. The van der Waals surface area contributed by atoms with Gasteiger partial charge in [0.15, 0.2) is 0 Å². The fraction of sp³-hybridized carbons (Fsp3) is 0.600. The number of piperidine rings is 1. The number of hydrogen-bond donors (Lipinski definition) is 2. The normalized spacial score (nSPS) is 27.1. The van der Waals surface area contributed by atoms with Crippen LogP contribution in [0.5, 0.6) is 0 Å². The van der Waals surface area contributed by atoms with E-state index in [4.69, 9.17) is 5.84 Å². The molecule has 0 bridgehead atoms. The second-order valence-electron chi connectivity index (χ2n) is 6.04. The molecule has 0 radical (unpaired) electrons. The molecule has 21 heavy (non-hydrogen) atoms. The molecule has 1 saturated carbocycles. The fourth-order valence-corrected chi connectivity index (χ4v) is 5.49. The van der Waals surface area contributed by atoms with Crippen LogP contribution < -0.4 is 11.3 Å². The zero-order chi connectivity index (χ0) is 14.9. The molecule has 1 saturated heterocycles. The Bertz CT molecular complexity index is 583. The number of rotatable bonds is 3. The van der Waals surface area contributed by atoms with Crippen LogP contribution in [0.4, 0.5) is 5.69 Å². The topological polar surface area (TPSA) is 75.4 Å². The number of nitrogen functional groups attached to an aromatic ring is 1. The van der Waals surface area contributed by atoms with E-state index in [9.17, 15) is 8.42 Å². The molecule has 1 aliphatic heterocycles. The molecule has 1 aromatic rings. The van der Waals surface area contributed by atoms with Gasteiger partial charge in [-0.05, 0) is 55.9 Å². The van der Waals surface area contributed by atoms with Crippen LogP contribution in [-0.4, -0.2) is 25.3 Å². The van der Waals surface area contributed by atoms with Crippen molar-refractivity contribution in [2.75, 3.05) is 12.0 Å². The van der Waals surface area contributed by atoms with Gasteiger partial charge in [0, 0.05) is 18.3 Å². The molecule has 0 unspecified atom stereocenters. The lowest BCUT2D eigenvalue weighted by Crippen LogP contribution is -2.49. The first kappa shape index (κ1) is 14.8. The monoisotopic (exact) mass is 309 g/mol. The molecule has 5 nitrogen and oxygen atoms in total. The number of benzene rings is 1. The lowest BCUT2D eigenvalue weighted by Gasteiger charge is -2.43. The number of nitrogens with zero attached hydrogens (tertiary/aromatic N) is 1. The van der Waals surface area contributed by atoms with Gasteiger partial charge in [-0.3, -0.25) is 5.84 Å². The minimum absolute atomic E-state index is 0.199. The summed E-state index contributed by atoms with van der Waals surface area (Å²) in [6, 6.07) is 6.88. The summed E-state index contributed by atoms with van der Waals surface area (Å²) in [4.78, 5) is 0.368. The number of nitrogens with two attached hydrogens (primary N) is 1. The highest BCUT2D eigenvalue weighted by Gasteiger charge is 2.39. The minimum Gasteiger partial charge on any atom is -0.324 e. The van der Waals surface area contributed by atoms with Crippen LogP contribution in [-0.2, 0) is 10.0 Å². The Kier molecular flexibility index (Phi) is 4.19. The van der Waals surface area contributed by atoms with Crippen LogP contribution in [0.25, 0.3) is 0 Å². The summed E-state index contributed by atoms with van der Waals surface area (Å²) in [5.41, 5.74) is 3.23. The van der Waals surface area contributed by atoms with Crippen molar-refractivity contribution in [2.45, 2.75) is 49.5 Å². The van der Waals surface area contributed by atoms with Crippen molar-refractivity contribution in [3.05, 3.63) is 24.3 Å². The standard InChI is InChI=1S/C15H23N3O2S/c16-17-13-7-9-14(10-8-13)21(19,20)18-11-3-5-12-4-1-2-6-15(12)18/h7-10,12,15,17H,1-6,11,16H2/t12-,15-/m1/s1. The third-order valence-corrected chi connectivity index (χ3v) is 6.76. The zero-order valence-electron chi connectivity index (χ0n) is 12.2. The average Bonchev–Trinajstić information content (AvgIpc) is 2.54. The largest absolute Gasteiger partial charge is 0.324 e. The molecule has 1 aromatic carbocycles. The first-order valence-electron chi connectivity index (χ1n) is 7.71. The minimum atomic E-state index is -3.39.